The SMILES string of the molecule is O=S(CC1CCCN1)C1CC1. The molecule has 64 valence electrons. The molecule has 0 aromatic rings. The Morgan fingerprint density at radius 2 is 2.18 bits per heavy atom. The van der Waals surface area contributed by atoms with Crippen molar-refractivity contribution in [2.75, 3.05) is 12.3 Å². The van der Waals surface area contributed by atoms with Crippen LogP contribution in [0.4, 0.5) is 0 Å². The minimum absolute atomic E-state index is 0.513. The Hall–Kier alpha value is 0.110. The van der Waals surface area contributed by atoms with E-state index in [1.54, 1.807) is 0 Å². The van der Waals surface area contributed by atoms with Crippen molar-refractivity contribution in [1.29, 1.82) is 0 Å². The molecule has 0 aromatic heterocycles. The average Bonchev–Trinajstić information content (AvgIpc) is 2.73. The van der Waals surface area contributed by atoms with Crippen LogP contribution in [0.3, 0.4) is 0 Å². The van der Waals surface area contributed by atoms with Gasteiger partial charge in [0.15, 0.2) is 0 Å². The summed E-state index contributed by atoms with van der Waals surface area (Å²) in [5.74, 6) is 0.907. The number of hydrogen-bond acceptors (Lipinski definition) is 2. The molecule has 1 aliphatic carbocycles. The van der Waals surface area contributed by atoms with Crippen molar-refractivity contribution >= 4 is 10.8 Å². The molecule has 0 aromatic carbocycles. The van der Waals surface area contributed by atoms with Crippen LogP contribution in [0, 0.1) is 0 Å². The maximum atomic E-state index is 11.4. The molecule has 2 fully saturated rings. The highest BCUT2D eigenvalue weighted by Crippen LogP contribution is 2.27. The molecule has 2 unspecified atom stereocenters. The first-order chi connectivity index (χ1) is 5.36. The van der Waals surface area contributed by atoms with E-state index in [1.807, 2.05) is 0 Å². The van der Waals surface area contributed by atoms with Crippen molar-refractivity contribution < 1.29 is 4.21 Å². The average molecular weight is 173 g/mol. The second kappa shape index (κ2) is 3.23. The van der Waals surface area contributed by atoms with Gasteiger partial charge in [-0.05, 0) is 32.2 Å². The van der Waals surface area contributed by atoms with Gasteiger partial charge in [0, 0.05) is 27.8 Å². The van der Waals surface area contributed by atoms with Crippen LogP contribution >= 0.6 is 0 Å². The Labute approximate surface area is 70.2 Å². The zero-order valence-corrected chi connectivity index (χ0v) is 7.53. The summed E-state index contributed by atoms with van der Waals surface area (Å²) in [6, 6.07) is 0.566. The topological polar surface area (TPSA) is 29.1 Å². The van der Waals surface area contributed by atoms with Gasteiger partial charge in [0.05, 0.1) is 0 Å². The summed E-state index contributed by atoms with van der Waals surface area (Å²) in [4.78, 5) is 0. The van der Waals surface area contributed by atoms with Crippen LogP contribution in [0.25, 0.3) is 0 Å². The molecule has 2 nitrogen and oxygen atoms in total. The van der Waals surface area contributed by atoms with E-state index in [1.165, 1.54) is 25.7 Å². The van der Waals surface area contributed by atoms with Crippen molar-refractivity contribution in [3.05, 3.63) is 0 Å². The Bertz CT molecular complexity index is 161. The van der Waals surface area contributed by atoms with E-state index < -0.39 is 10.8 Å². The molecule has 1 N–H and O–H groups in total. The molecule has 11 heavy (non-hydrogen) atoms. The molecule has 0 spiro atoms. The minimum Gasteiger partial charge on any atom is -0.313 e. The van der Waals surface area contributed by atoms with Crippen LogP contribution in [0.2, 0.25) is 0 Å². The summed E-state index contributed by atoms with van der Waals surface area (Å²) in [6.07, 6.45) is 4.92. The van der Waals surface area contributed by atoms with Crippen LogP contribution in [0.1, 0.15) is 25.7 Å². The first-order valence-electron chi connectivity index (χ1n) is 4.47. The highest BCUT2D eigenvalue weighted by Gasteiger charge is 2.30. The molecular weight excluding hydrogens is 158 g/mol. The van der Waals surface area contributed by atoms with E-state index in [0.717, 1.165) is 12.3 Å². The number of rotatable bonds is 3. The normalized spacial score (nSPS) is 34.0. The second-order valence-corrected chi connectivity index (χ2v) is 5.30. The van der Waals surface area contributed by atoms with Crippen LogP contribution in [-0.4, -0.2) is 27.8 Å². The van der Waals surface area contributed by atoms with Crippen molar-refractivity contribution in [1.82, 2.24) is 5.32 Å². The Balaban J connectivity index is 1.74. The summed E-state index contributed by atoms with van der Waals surface area (Å²) in [7, 11) is -0.513. The fourth-order valence-electron chi connectivity index (χ4n) is 1.56. The van der Waals surface area contributed by atoms with Crippen LogP contribution in [-0.2, 0) is 10.8 Å². The maximum Gasteiger partial charge on any atom is 0.0391 e. The predicted octanol–water partition coefficient (Wildman–Crippen LogP) is 0.649. The first-order valence-corrected chi connectivity index (χ1v) is 5.85. The molecule has 1 saturated carbocycles. The van der Waals surface area contributed by atoms with Crippen molar-refractivity contribution in [2.45, 2.75) is 37.0 Å². The predicted molar refractivity (Wildman–Crippen MR) is 47.1 cm³/mol. The van der Waals surface area contributed by atoms with Gasteiger partial charge in [-0.25, -0.2) is 0 Å². The number of nitrogens with one attached hydrogen (secondary N) is 1. The van der Waals surface area contributed by atoms with Gasteiger partial charge in [0.1, 0.15) is 0 Å². The van der Waals surface area contributed by atoms with Gasteiger partial charge in [0.2, 0.25) is 0 Å². The minimum atomic E-state index is -0.513. The van der Waals surface area contributed by atoms with Gasteiger partial charge in [0.25, 0.3) is 0 Å². The lowest BCUT2D eigenvalue weighted by Gasteiger charge is -2.07. The summed E-state index contributed by atoms with van der Waals surface area (Å²) in [6.45, 7) is 1.13. The smallest absolute Gasteiger partial charge is 0.0391 e. The highest BCUT2D eigenvalue weighted by atomic mass is 32.2. The van der Waals surface area contributed by atoms with Crippen molar-refractivity contribution in [3.8, 4) is 0 Å². The molecule has 3 heteroatoms. The first kappa shape index (κ1) is 7.74. The van der Waals surface area contributed by atoms with E-state index >= 15 is 0 Å². The highest BCUT2D eigenvalue weighted by molar-refractivity contribution is 7.86. The van der Waals surface area contributed by atoms with Gasteiger partial charge < -0.3 is 5.32 Å². The number of hydrogen-bond donors (Lipinski definition) is 1. The molecule has 2 rings (SSSR count). The monoisotopic (exact) mass is 173 g/mol. The second-order valence-electron chi connectivity index (χ2n) is 3.54. The molecule has 1 heterocycles. The molecule has 2 atom stereocenters. The molecule has 0 radical (unpaired) electrons. The molecule has 1 aliphatic heterocycles. The van der Waals surface area contributed by atoms with Gasteiger partial charge in [-0.3, -0.25) is 4.21 Å². The third kappa shape index (κ3) is 2.03. The summed E-state index contributed by atoms with van der Waals surface area (Å²) >= 11 is 0. The lowest BCUT2D eigenvalue weighted by Crippen LogP contribution is -2.28. The van der Waals surface area contributed by atoms with E-state index in [2.05, 4.69) is 5.32 Å². The molecule has 0 amide bonds. The molecular formula is C8H15NOS. The van der Waals surface area contributed by atoms with Crippen molar-refractivity contribution in [3.63, 3.8) is 0 Å². The third-order valence-corrected chi connectivity index (χ3v) is 4.37. The van der Waals surface area contributed by atoms with Gasteiger partial charge in [-0.15, -0.1) is 0 Å². The van der Waals surface area contributed by atoms with Crippen LogP contribution in [0.5, 0.6) is 0 Å². The quantitative estimate of drug-likeness (QED) is 0.679. The Morgan fingerprint density at radius 1 is 1.36 bits per heavy atom. The van der Waals surface area contributed by atoms with Gasteiger partial charge in [-0.1, -0.05) is 0 Å². The zero-order valence-electron chi connectivity index (χ0n) is 6.71. The van der Waals surface area contributed by atoms with E-state index in [4.69, 9.17) is 0 Å². The lowest BCUT2D eigenvalue weighted by atomic mass is 10.3. The molecule has 1 saturated heterocycles. The van der Waals surface area contributed by atoms with E-state index in [0.29, 0.717) is 11.3 Å². The third-order valence-electron chi connectivity index (χ3n) is 2.42. The largest absolute Gasteiger partial charge is 0.313 e. The summed E-state index contributed by atoms with van der Waals surface area (Å²) in [5.41, 5.74) is 0. The lowest BCUT2D eigenvalue weighted by molar-refractivity contribution is 0.642. The van der Waals surface area contributed by atoms with E-state index in [-0.39, 0.29) is 0 Å². The molecule has 0 bridgehead atoms. The van der Waals surface area contributed by atoms with Crippen LogP contribution in [0.15, 0.2) is 0 Å². The van der Waals surface area contributed by atoms with Gasteiger partial charge >= 0.3 is 0 Å². The summed E-state index contributed by atoms with van der Waals surface area (Å²) in [5, 5.41) is 3.94. The van der Waals surface area contributed by atoms with Gasteiger partial charge in [-0.2, -0.15) is 0 Å². The Morgan fingerprint density at radius 3 is 2.73 bits per heavy atom. The zero-order chi connectivity index (χ0) is 7.68. The fraction of sp³-hybridized carbons (Fsp3) is 1.00. The summed E-state index contributed by atoms with van der Waals surface area (Å²) < 4.78 is 11.4. The standard InChI is InChI=1S/C8H15NOS/c10-11(8-3-4-8)6-7-2-1-5-9-7/h7-9H,1-6H2. The Kier molecular flexibility index (Phi) is 2.28. The van der Waals surface area contributed by atoms with Crippen molar-refractivity contribution in [2.24, 2.45) is 0 Å². The van der Waals surface area contributed by atoms with E-state index in [9.17, 15) is 4.21 Å². The molecule has 2 aliphatic rings. The fourth-order valence-corrected chi connectivity index (χ4v) is 3.18. The van der Waals surface area contributed by atoms with Crippen LogP contribution < -0.4 is 5.32 Å². The maximum absolute atomic E-state index is 11.4.